The summed E-state index contributed by atoms with van der Waals surface area (Å²) >= 11 is 0. The Kier molecular flexibility index (Phi) is 5.53. The number of H-pyrrole nitrogens is 1. The summed E-state index contributed by atoms with van der Waals surface area (Å²) in [6.07, 6.45) is 0.271. The molecule has 4 heteroatoms. The minimum atomic E-state index is 0.271. The Hall–Kier alpha value is -1.65. The number of aryl methyl sites for hydroxylation is 2. The molecule has 2 aromatic rings. The van der Waals surface area contributed by atoms with E-state index in [1.807, 2.05) is 6.92 Å². The van der Waals surface area contributed by atoms with Crippen LogP contribution >= 0.6 is 0 Å². The van der Waals surface area contributed by atoms with E-state index >= 15 is 0 Å². The highest BCUT2D eigenvalue weighted by atomic mass is 16.5. The van der Waals surface area contributed by atoms with Crippen molar-refractivity contribution >= 4 is 0 Å². The van der Waals surface area contributed by atoms with E-state index in [4.69, 9.17) is 4.74 Å². The SMILES string of the molecule is Cc1n[nH]c(C)c1CNCc1ccc(COC(C)C)cc1. The molecule has 0 amide bonds. The third-order valence-electron chi connectivity index (χ3n) is 3.52. The van der Waals surface area contributed by atoms with E-state index in [9.17, 15) is 0 Å². The van der Waals surface area contributed by atoms with Gasteiger partial charge in [-0.3, -0.25) is 5.10 Å². The molecule has 0 fully saturated rings. The number of rotatable bonds is 7. The van der Waals surface area contributed by atoms with Crippen molar-refractivity contribution in [2.75, 3.05) is 0 Å². The first-order chi connectivity index (χ1) is 10.1. The van der Waals surface area contributed by atoms with Gasteiger partial charge in [0.15, 0.2) is 0 Å². The lowest BCUT2D eigenvalue weighted by Gasteiger charge is -2.09. The number of benzene rings is 1. The van der Waals surface area contributed by atoms with Gasteiger partial charge in [-0.25, -0.2) is 0 Å². The van der Waals surface area contributed by atoms with Crippen LogP contribution in [0.15, 0.2) is 24.3 Å². The van der Waals surface area contributed by atoms with Crippen molar-refractivity contribution in [2.24, 2.45) is 0 Å². The number of aromatic amines is 1. The van der Waals surface area contributed by atoms with Gasteiger partial charge < -0.3 is 10.1 Å². The Bertz CT molecular complexity index is 538. The smallest absolute Gasteiger partial charge is 0.0720 e. The zero-order valence-corrected chi connectivity index (χ0v) is 13.4. The lowest BCUT2D eigenvalue weighted by atomic mass is 10.1. The first-order valence-electron chi connectivity index (χ1n) is 7.47. The van der Waals surface area contributed by atoms with Gasteiger partial charge in [-0.15, -0.1) is 0 Å². The third-order valence-corrected chi connectivity index (χ3v) is 3.52. The minimum Gasteiger partial charge on any atom is -0.374 e. The fraction of sp³-hybridized carbons (Fsp3) is 0.471. The molecule has 0 aliphatic carbocycles. The summed E-state index contributed by atoms with van der Waals surface area (Å²) in [7, 11) is 0. The summed E-state index contributed by atoms with van der Waals surface area (Å²) in [5.74, 6) is 0. The van der Waals surface area contributed by atoms with Crippen LogP contribution in [0.3, 0.4) is 0 Å². The summed E-state index contributed by atoms with van der Waals surface area (Å²) < 4.78 is 5.60. The molecule has 0 saturated carbocycles. The van der Waals surface area contributed by atoms with Gasteiger partial charge >= 0.3 is 0 Å². The zero-order chi connectivity index (χ0) is 15.2. The number of ether oxygens (including phenoxy) is 1. The second kappa shape index (κ2) is 7.38. The molecule has 0 atom stereocenters. The monoisotopic (exact) mass is 287 g/mol. The number of hydrogen-bond donors (Lipinski definition) is 2. The third kappa shape index (κ3) is 4.69. The first-order valence-corrected chi connectivity index (χ1v) is 7.47. The van der Waals surface area contributed by atoms with Crippen LogP contribution in [-0.2, 0) is 24.4 Å². The lowest BCUT2D eigenvalue weighted by Crippen LogP contribution is -2.13. The molecule has 114 valence electrons. The zero-order valence-electron chi connectivity index (χ0n) is 13.4. The van der Waals surface area contributed by atoms with Crippen molar-refractivity contribution in [3.05, 3.63) is 52.3 Å². The highest BCUT2D eigenvalue weighted by Gasteiger charge is 2.05. The molecule has 2 N–H and O–H groups in total. The normalized spacial score (nSPS) is 11.3. The molecule has 0 spiro atoms. The van der Waals surface area contributed by atoms with E-state index in [1.165, 1.54) is 16.7 Å². The highest BCUT2D eigenvalue weighted by molar-refractivity contribution is 5.24. The first kappa shape index (κ1) is 15.7. The minimum absolute atomic E-state index is 0.271. The van der Waals surface area contributed by atoms with Crippen molar-refractivity contribution in [2.45, 2.75) is 53.5 Å². The van der Waals surface area contributed by atoms with E-state index in [-0.39, 0.29) is 6.10 Å². The number of hydrogen-bond acceptors (Lipinski definition) is 3. The average molecular weight is 287 g/mol. The molecule has 4 nitrogen and oxygen atoms in total. The molecule has 21 heavy (non-hydrogen) atoms. The fourth-order valence-corrected chi connectivity index (χ4v) is 2.18. The maximum Gasteiger partial charge on any atom is 0.0720 e. The largest absolute Gasteiger partial charge is 0.374 e. The van der Waals surface area contributed by atoms with Crippen molar-refractivity contribution in [3.63, 3.8) is 0 Å². The van der Waals surface area contributed by atoms with Gasteiger partial charge in [0.2, 0.25) is 0 Å². The number of nitrogens with zero attached hydrogens (tertiary/aromatic N) is 1. The van der Waals surface area contributed by atoms with E-state index < -0.39 is 0 Å². The summed E-state index contributed by atoms with van der Waals surface area (Å²) in [6, 6.07) is 8.57. The molecule has 0 radical (unpaired) electrons. The second-order valence-corrected chi connectivity index (χ2v) is 5.69. The summed E-state index contributed by atoms with van der Waals surface area (Å²) in [5.41, 5.74) is 5.97. The van der Waals surface area contributed by atoms with Gasteiger partial charge in [0.1, 0.15) is 0 Å². The van der Waals surface area contributed by atoms with Crippen molar-refractivity contribution in [1.82, 2.24) is 15.5 Å². The van der Waals surface area contributed by atoms with Gasteiger partial charge in [0, 0.05) is 24.3 Å². The number of nitrogens with one attached hydrogen (secondary N) is 2. The Morgan fingerprint density at radius 3 is 2.33 bits per heavy atom. The van der Waals surface area contributed by atoms with Gasteiger partial charge in [-0.1, -0.05) is 24.3 Å². The molecule has 0 aliphatic heterocycles. The molecule has 0 aliphatic rings. The van der Waals surface area contributed by atoms with Crippen LogP contribution in [0.4, 0.5) is 0 Å². The fourth-order valence-electron chi connectivity index (χ4n) is 2.18. The van der Waals surface area contributed by atoms with Crippen molar-refractivity contribution in [3.8, 4) is 0 Å². The Balaban J connectivity index is 1.81. The molecule has 0 bridgehead atoms. The van der Waals surface area contributed by atoms with Crippen molar-refractivity contribution in [1.29, 1.82) is 0 Å². The maximum absolute atomic E-state index is 5.60. The average Bonchev–Trinajstić information content (AvgIpc) is 2.78. The highest BCUT2D eigenvalue weighted by Crippen LogP contribution is 2.10. The predicted molar refractivity (Wildman–Crippen MR) is 85.0 cm³/mol. The summed E-state index contributed by atoms with van der Waals surface area (Å²) in [5, 5.41) is 10.7. The van der Waals surface area contributed by atoms with Crippen LogP contribution in [-0.4, -0.2) is 16.3 Å². The van der Waals surface area contributed by atoms with E-state index in [1.54, 1.807) is 0 Å². The van der Waals surface area contributed by atoms with Gasteiger partial charge in [0.05, 0.1) is 18.4 Å². The molecule has 2 rings (SSSR count). The van der Waals surface area contributed by atoms with Gasteiger partial charge in [-0.2, -0.15) is 5.10 Å². The quantitative estimate of drug-likeness (QED) is 0.822. The van der Waals surface area contributed by atoms with Gasteiger partial charge in [-0.05, 0) is 38.8 Å². The van der Waals surface area contributed by atoms with E-state index in [0.29, 0.717) is 6.61 Å². The lowest BCUT2D eigenvalue weighted by molar-refractivity contribution is 0.0657. The molecule has 0 unspecified atom stereocenters. The Morgan fingerprint density at radius 2 is 1.76 bits per heavy atom. The molecular weight excluding hydrogens is 262 g/mol. The van der Waals surface area contributed by atoms with Gasteiger partial charge in [0.25, 0.3) is 0 Å². The molecule has 1 heterocycles. The molecular formula is C17H25N3O. The number of aromatic nitrogens is 2. The summed E-state index contributed by atoms with van der Waals surface area (Å²) in [6.45, 7) is 10.6. The van der Waals surface area contributed by atoms with Crippen LogP contribution in [0.25, 0.3) is 0 Å². The summed E-state index contributed by atoms with van der Waals surface area (Å²) in [4.78, 5) is 0. The molecule has 1 aromatic carbocycles. The molecule has 1 aromatic heterocycles. The second-order valence-electron chi connectivity index (χ2n) is 5.69. The topological polar surface area (TPSA) is 49.9 Å². The Labute approximate surface area is 126 Å². The van der Waals surface area contributed by atoms with Crippen LogP contribution in [0, 0.1) is 13.8 Å². The van der Waals surface area contributed by atoms with Crippen molar-refractivity contribution < 1.29 is 4.74 Å². The Morgan fingerprint density at radius 1 is 1.10 bits per heavy atom. The molecule has 0 saturated heterocycles. The van der Waals surface area contributed by atoms with Crippen LogP contribution in [0.2, 0.25) is 0 Å². The standard InChI is InChI=1S/C17H25N3O/c1-12(2)21-11-16-7-5-15(6-8-16)9-18-10-17-13(3)19-20-14(17)4/h5-8,12,18H,9-11H2,1-4H3,(H,19,20). The maximum atomic E-state index is 5.60. The van der Waals surface area contributed by atoms with E-state index in [0.717, 1.165) is 24.5 Å². The van der Waals surface area contributed by atoms with Crippen LogP contribution < -0.4 is 5.32 Å². The van der Waals surface area contributed by atoms with Crippen LogP contribution in [0.5, 0.6) is 0 Å². The van der Waals surface area contributed by atoms with Crippen LogP contribution in [0.1, 0.15) is 41.9 Å². The van der Waals surface area contributed by atoms with E-state index in [2.05, 4.69) is 60.6 Å². The predicted octanol–water partition coefficient (Wildman–Crippen LogP) is 3.24.